The lowest BCUT2D eigenvalue weighted by atomic mass is 9.95. The highest BCUT2D eigenvalue weighted by Crippen LogP contribution is 2.82. The van der Waals surface area contributed by atoms with Crippen molar-refractivity contribution in [1.29, 1.82) is 0 Å². The van der Waals surface area contributed by atoms with Gasteiger partial charge in [0.15, 0.2) is 0 Å². The molecule has 2 heterocycles. The fourth-order valence-electron chi connectivity index (χ4n) is 10.1. The number of ether oxygens (including phenoxy) is 1. The molecule has 0 saturated carbocycles. The molecular weight excluding hydrogens is 593 g/mol. The van der Waals surface area contributed by atoms with Crippen LogP contribution < -0.4 is 9.80 Å². The van der Waals surface area contributed by atoms with E-state index in [4.69, 9.17) is 4.74 Å². The molecule has 0 spiro atoms. The second-order valence-corrected chi connectivity index (χ2v) is 19.6. The summed E-state index contributed by atoms with van der Waals surface area (Å²) >= 11 is 0. The first kappa shape index (κ1) is 31.1. The van der Waals surface area contributed by atoms with Gasteiger partial charge in [-0.15, -0.1) is 0 Å². The van der Waals surface area contributed by atoms with Gasteiger partial charge in [0, 0.05) is 54.4 Å². The highest BCUT2D eigenvalue weighted by Gasteiger charge is 2.60. The van der Waals surface area contributed by atoms with Crippen LogP contribution >= 0.6 is 10.0 Å². The normalized spacial score (nSPS) is 27.0. The van der Waals surface area contributed by atoms with Crippen molar-refractivity contribution >= 4 is 21.4 Å². The van der Waals surface area contributed by atoms with Crippen LogP contribution in [0.4, 0.5) is 11.4 Å². The van der Waals surface area contributed by atoms with Gasteiger partial charge in [-0.2, -0.15) is 0 Å². The van der Waals surface area contributed by atoms with Gasteiger partial charge in [0.2, 0.25) is 0 Å². The van der Waals surface area contributed by atoms with Crippen LogP contribution in [0.1, 0.15) is 114 Å². The lowest BCUT2D eigenvalue weighted by Gasteiger charge is -2.52. The SMILES string of the molecule is CN1c2ccccc2C2C1c1ccccc1C2S(C)(CCCCCCOC(C)(C)C)C1c2ccccc2C2C1c1ccccc1N2C. The van der Waals surface area contributed by atoms with Crippen molar-refractivity contribution in [2.75, 3.05) is 42.5 Å². The van der Waals surface area contributed by atoms with Crippen LogP contribution in [-0.2, 0) is 4.74 Å². The molecule has 0 amide bonds. The molecular formula is C43H52N2OS. The van der Waals surface area contributed by atoms with Gasteiger partial charge >= 0.3 is 0 Å². The van der Waals surface area contributed by atoms with E-state index < -0.39 is 10.0 Å². The topological polar surface area (TPSA) is 15.7 Å². The highest BCUT2D eigenvalue weighted by molar-refractivity contribution is 8.33. The van der Waals surface area contributed by atoms with E-state index in [0.29, 0.717) is 34.4 Å². The maximum Gasteiger partial charge on any atom is 0.0625 e. The molecule has 3 nitrogen and oxygen atoms in total. The summed E-state index contributed by atoms with van der Waals surface area (Å²) in [6, 6.07) is 38.6. The third-order valence-electron chi connectivity index (χ3n) is 11.9. The summed E-state index contributed by atoms with van der Waals surface area (Å²) in [5, 5.41) is 1.02. The van der Waals surface area contributed by atoms with Gasteiger partial charge in [-0.25, -0.2) is 10.0 Å². The Hall–Kier alpha value is -3.21. The Morgan fingerprint density at radius 3 is 1.43 bits per heavy atom. The standard InChI is InChI=1S/C43H52N2OS/c1-43(2,3)46-27-17-7-8-18-28-47(6,41-31-21-11-9-19-29(31)39-37(41)33-23-13-15-25-35(33)44(39)4)42-32-22-12-10-20-30(32)40-38(42)34-24-14-16-26-36(34)45(40)5/h9-16,19-26,37-42H,7-8,17-18,27-28H2,1-6H3. The van der Waals surface area contributed by atoms with E-state index in [1.165, 1.54) is 36.4 Å². The smallest absolute Gasteiger partial charge is 0.0625 e. The zero-order chi connectivity index (χ0) is 32.5. The summed E-state index contributed by atoms with van der Waals surface area (Å²) in [5.74, 6) is 2.26. The molecule has 0 N–H and O–H groups in total. The predicted octanol–water partition coefficient (Wildman–Crippen LogP) is 10.9. The van der Waals surface area contributed by atoms with Crippen molar-refractivity contribution < 1.29 is 4.74 Å². The minimum Gasteiger partial charge on any atom is -0.376 e. The van der Waals surface area contributed by atoms with Gasteiger partial charge in [0.05, 0.1) is 17.7 Å². The molecule has 2 aliphatic carbocycles. The number of anilines is 2. The van der Waals surface area contributed by atoms with E-state index >= 15 is 0 Å². The minimum atomic E-state index is -1.26. The lowest BCUT2D eigenvalue weighted by molar-refractivity contribution is -0.00470. The molecule has 6 unspecified atom stereocenters. The average Bonchev–Trinajstić information content (AvgIpc) is 3.77. The summed E-state index contributed by atoms with van der Waals surface area (Å²) in [7, 11) is 3.43. The predicted molar refractivity (Wildman–Crippen MR) is 202 cm³/mol. The molecule has 4 aliphatic rings. The summed E-state index contributed by atoms with van der Waals surface area (Å²) < 4.78 is 6.09. The van der Waals surface area contributed by atoms with E-state index in [1.54, 1.807) is 33.4 Å². The number of benzene rings is 4. The fraction of sp³-hybridized carbons (Fsp3) is 0.442. The first-order valence-corrected chi connectivity index (χ1v) is 20.2. The zero-order valence-corrected chi connectivity index (χ0v) is 30.0. The molecule has 4 aromatic rings. The molecule has 8 rings (SSSR count). The summed E-state index contributed by atoms with van der Waals surface area (Å²) in [5.41, 5.74) is 12.3. The van der Waals surface area contributed by atoms with Gasteiger partial charge in [-0.3, -0.25) is 0 Å². The second kappa shape index (κ2) is 11.7. The van der Waals surface area contributed by atoms with Crippen molar-refractivity contribution in [1.82, 2.24) is 0 Å². The maximum absolute atomic E-state index is 6.09. The molecule has 0 saturated heterocycles. The van der Waals surface area contributed by atoms with Crippen LogP contribution in [0.5, 0.6) is 0 Å². The van der Waals surface area contributed by atoms with E-state index in [-0.39, 0.29) is 5.60 Å². The number of para-hydroxylation sites is 2. The Kier molecular flexibility index (Phi) is 7.76. The molecule has 2 aliphatic heterocycles. The molecule has 6 atom stereocenters. The fourth-order valence-corrected chi connectivity index (χ4v) is 15.3. The van der Waals surface area contributed by atoms with Crippen molar-refractivity contribution in [2.45, 2.75) is 86.5 Å². The van der Waals surface area contributed by atoms with Crippen molar-refractivity contribution in [3.8, 4) is 0 Å². The number of likely N-dealkylation sites (N-methyl/N-ethyl adjacent to an activating group) is 2. The Morgan fingerprint density at radius 1 is 0.553 bits per heavy atom. The minimum absolute atomic E-state index is 0.0585. The number of rotatable bonds is 9. The number of hydrogen-bond donors (Lipinski definition) is 0. The van der Waals surface area contributed by atoms with Gasteiger partial charge in [0.25, 0.3) is 0 Å². The zero-order valence-electron chi connectivity index (χ0n) is 29.2. The van der Waals surface area contributed by atoms with Crippen molar-refractivity contribution in [3.05, 3.63) is 130 Å². The molecule has 47 heavy (non-hydrogen) atoms. The Labute approximate surface area is 284 Å². The van der Waals surface area contributed by atoms with Crippen molar-refractivity contribution in [2.24, 2.45) is 0 Å². The first-order valence-electron chi connectivity index (χ1n) is 17.9. The number of hydrogen-bond acceptors (Lipinski definition) is 3. The molecule has 0 aromatic heterocycles. The summed E-state index contributed by atoms with van der Waals surface area (Å²) in [4.78, 5) is 5.22. The average molecular weight is 645 g/mol. The molecule has 0 bridgehead atoms. The third kappa shape index (κ3) is 4.88. The lowest BCUT2D eigenvalue weighted by Crippen LogP contribution is -2.27. The summed E-state index contributed by atoms with van der Waals surface area (Å²) in [6.45, 7) is 7.36. The van der Waals surface area contributed by atoms with Crippen LogP contribution in [0.25, 0.3) is 0 Å². The van der Waals surface area contributed by atoms with Gasteiger partial charge in [-0.1, -0.05) is 97.8 Å². The molecule has 4 aromatic carbocycles. The molecule has 4 heteroatoms. The van der Waals surface area contributed by atoms with Crippen LogP contribution in [-0.4, -0.2) is 38.3 Å². The van der Waals surface area contributed by atoms with E-state index in [1.807, 2.05) is 0 Å². The van der Waals surface area contributed by atoms with E-state index in [2.05, 4.69) is 148 Å². The van der Waals surface area contributed by atoms with Crippen LogP contribution in [0.3, 0.4) is 0 Å². The molecule has 246 valence electrons. The number of nitrogens with zero attached hydrogens (tertiary/aromatic N) is 2. The second-order valence-electron chi connectivity index (χ2n) is 15.7. The maximum atomic E-state index is 6.09. The highest BCUT2D eigenvalue weighted by atomic mass is 32.3. The third-order valence-corrected chi connectivity index (χ3v) is 16.5. The van der Waals surface area contributed by atoms with Gasteiger partial charge in [0.1, 0.15) is 0 Å². The Morgan fingerprint density at radius 2 is 0.957 bits per heavy atom. The van der Waals surface area contributed by atoms with Crippen LogP contribution in [0.2, 0.25) is 0 Å². The first-order chi connectivity index (χ1) is 22.7. The Balaban J connectivity index is 1.24. The van der Waals surface area contributed by atoms with Crippen LogP contribution in [0.15, 0.2) is 97.1 Å². The number of unbranched alkanes of at least 4 members (excludes halogenated alkanes) is 3. The monoisotopic (exact) mass is 644 g/mol. The summed E-state index contributed by atoms with van der Waals surface area (Å²) in [6.07, 6.45) is 7.73. The Bertz CT molecular complexity index is 1660. The molecule has 0 fully saturated rings. The molecule has 0 radical (unpaired) electrons. The van der Waals surface area contributed by atoms with Crippen molar-refractivity contribution in [3.63, 3.8) is 0 Å². The van der Waals surface area contributed by atoms with Crippen LogP contribution in [0, 0.1) is 0 Å². The van der Waals surface area contributed by atoms with Gasteiger partial charge < -0.3 is 14.5 Å². The number of fused-ring (bicyclic) bond motifs is 10. The quantitative estimate of drug-likeness (QED) is 0.169. The van der Waals surface area contributed by atoms with Gasteiger partial charge in [-0.05, 0) is 91.1 Å². The largest absolute Gasteiger partial charge is 0.376 e. The van der Waals surface area contributed by atoms with E-state index in [0.717, 1.165) is 13.0 Å². The van der Waals surface area contributed by atoms with E-state index in [9.17, 15) is 0 Å².